The third kappa shape index (κ3) is 3.56. The largest absolute Gasteiger partial charge is 0.453 e. The van der Waals surface area contributed by atoms with Crippen molar-refractivity contribution in [2.24, 2.45) is 5.10 Å². The molecule has 3 aromatic heterocycles. The van der Waals surface area contributed by atoms with E-state index < -0.39 is 0 Å². The molecule has 6 aromatic rings. The summed E-state index contributed by atoms with van der Waals surface area (Å²) in [4.78, 5) is 18.2. The molecule has 0 radical (unpaired) electrons. The second-order valence-electron chi connectivity index (χ2n) is 7.74. The molecular weight excluding hydrogens is 492 g/mol. The van der Waals surface area contributed by atoms with Crippen LogP contribution in [0.25, 0.3) is 39.1 Å². The van der Waals surface area contributed by atoms with Gasteiger partial charge >= 0.3 is 0 Å². The molecule has 3 heterocycles. The molecular formula is C27H17BrN4O2. The lowest BCUT2D eigenvalue weighted by molar-refractivity contribution is 0.616. The van der Waals surface area contributed by atoms with Crippen molar-refractivity contribution in [2.45, 2.75) is 0 Å². The van der Waals surface area contributed by atoms with Crippen molar-refractivity contribution < 1.29 is 4.42 Å². The summed E-state index contributed by atoms with van der Waals surface area (Å²) in [6.45, 7) is 0. The van der Waals surface area contributed by atoms with Crippen molar-refractivity contribution in [3.8, 4) is 17.3 Å². The van der Waals surface area contributed by atoms with Crippen molar-refractivity contribution in [3.05, 3.63) is 118 Å². The lowest BCUT2D eigenvalue weighted by atomic mass is 10.2. The topological polar surface area (TPSA) is 65.3 Å². The van der Waals surface area contributed by atoms with E-state index in [0.29, 0.717) is 22.5 Å². The Morgan fingerprint density at radius 3 is 2.56 bits per heavy atom. The fourth-order valence-electron chi connectivity index (χ4n) is 3.94. The van der Waals surface area contributed by atoms with Crippen molar-refractivity contribution in [3.63, 3.8) is 0 Å². The molecule has 0 atom stereocenters. The SMILES string of the molecule is O=c1c2ccccc2nc(-c2cc3ccccc3o2)n1N=Cc1cccn1-c1ccc(Br)cc1. The summed E-state index contributed by atoms with van der Waals surface area (Å²) in [6.07, 6.45) is 3.61. The average molecular weight is 509 g/mol. The van der Waals surface area contributed by atoms with Crippen molar-refractivity contribution in [1.29, 1.82) is 0 Å². The van der Waals surface area contributed by atoms with Crippen LogP contribution in [0.3, 0.4) is 0 Å². The zero-order valence-electron chi connectivity index (χ0n) is 17.8. The highest BCUT2D eigenvalue weighted by Gasteiger charge is 2.16. The minimum Gasteiger partial charge on any atom is -0.453 e. The molecule has 6 nitrogen and oxygen atoms in total. The van der Waals surface area contributed by atoms with E-state index in [4.69, 9.17) is 9.40 Å². The Labute approximate surface area is 202 Å². The molecule has 0 aliphatic heterocycles. The van der Waals surface area contributed by atoms with Crippen LogP contribution in [-0.4, -0.2) is 20.4 Å². The fourth-order valence-corrected chi connectivity index (χ4v) is 4.20. The van der Waals surface area contributed by atoms with E-state index >= 15 is 0 Å². The number of furan rings is 1. The third-order valence-corrected chi connectivity index (χ3v) is 6.12. The van der Waals surface area contributed by atoms with Crippen LogP contribution in [0, 0.1) is 0 Å². The molecule has 0 N–H and O–H groups in total. The summed E-state index contributed by atoms with van der Waals surface area (Å²) in [5.41, 5.74) is 2.85. The number of hydrogen-bond acceptors (Lipinski definition) is 4. The molecule has 34 heavy (non-hydrogen) atoms. The van der Waals surface area contributed by atoms with Gasteiger partial charge < -0.3 is 8.98 Å². The molecule has 0 saturated carbocycles. The van der Waals surface area contributed by atoms with Crippen LogP contribution in [0.2, 0.25) is 0 Å². The quantitative estimate of drug-likeness (QED) is 0.264. The van der Waals surface area contributed by atoms with Gasteiger partial charge in [0.05, 0.1) is 22.8 Å². The summed E-state index contributed by atoms with van der Waals surface area (Å²) in [6, 6.07) is 28.7. The minimum absolute atomic E-state index is 0.265. The number of aromatic nitrogens is 3. The van der Waals surface area contributed by atoms with Crippen LogP contribution in [0.5, 0.6) is 0 Å². The summed E-state index contributed by atoms with van der Waals surface area (Å²) >= 11 is 3.47. The number of benzene rings is 3. The Morgan fingerprint density at radius 2 is 1.71 bits per heavy atom. The van der Waals surface area contributed by atoms with E-state index in [-0.39, 0.29) is 5.56 Å². The van der Waals surface area contributed by atoms with E-state index in [1.807, 2.05) is 95.7 Å². The van der Waals surface area contributed by atoms with Gasteiger partial charge in [0.15, 0.2) is 5.76 Å². The summed E-state index contributed by atoms with van der Waals surface area (Å²) < 4.78 is 10.3. The Hall–Kier alpha value is -4.23. The molecule has 0 fully saturated rings. The number of fused-ring (bicyclic) bond motifs is 2. The third-order valence-electron chi connectivity index (χ3n) is 5.59. The van der Waals surface area contributed by atoms with Crippen LogP contribution >= 0.6 is 15.9 Å². The number of hydrogen-bond donors (Lipinski definition) is 0. The zero-order valence-corrected chi connectivity index (χ0v) is 19.4. The molecule has 3 aromatic carbocycles. The van der Waals surface area contributed by atoms with Crippen molar-refractivity contribution in [1.82, 2.24) is 14.2 Å². The number of halogens is 1. The molecule has 0 aliphatic carbocycles. The average Bonchev–Trinajstić information content (AvgIpc) is 3.51. The second-order valence-corrected chi connectivity index (χ2v) is 8.66. The monoisotopic (exact) mass is 508 g/mol. The Kier molecular flexibility index (Phi) is 4.96. The Morgan fingerprint density at radius 1 is 0.912 bits per heavy atom. The molecule has 0 spiro atoms. The highest BCUT2D eigenvalue weighted by Crippen LogP contribution is 2.27. The van der Waals surface area contributed by atoms with E-state index in [0.717, 1.165) is 26.8 Å². The molecule has 0 aliphatic rings. The number of rotatable bonds is 4. The molecule has 7 heteroatoms. The maximum Gasteiger partial charge on any atom is 0.282 e. The van der Waals surface area contributed by atoms with Gasteiger partial charge in [0, 0.05) is 21.7 Å². The maximum absolute atomic E-state index is 13.4. The van der Waals surface area contributed by atoms with E-state index in [2.05, 4.69) is 21.0 Å². The number of nitrogens with zero attached hydrogens (tertiary/aromatic N) is 4. The van der Waals surface area contributed by atoms with Gasteiger partial charge in [-0.05, 0) is 60.7 Å². The lowest BCUT2D eigenvalue weighted by Crippen LogP contribution is -2.20. The van der Waals surface area contributed by atoms with Gasteiger partial charge in [0.2, 0.25) is 5.82 Å². The Balaban J connectivity index is 1.52. The minimum atomic E-state index is -0.265. The van der Waals surface area contributed by atoms with Crippen molar-refractivity contribution >= 4 is 44.0 Å². The fraction of sp³-hybridized carbons (Fsp3) is 0. The van der Waals surface area contributed by atoms with E-state index in [1.165, 1.54) is 4.68 Å². The van der Waals surface area contributed by atoms with Crippen LogP contribution in [0.15, 0.2) is 116 Å². The van der Waals surface area contributed by atoms with Gasteiger partial charge in [-0.25, -0.2) is 4.98 Å². The predicted octanol–water partition coefficient (Wildman–Crippen LogP) is 6.25. The first-order valence-corrected chi connectivity index (χ1v) is 11.4. The van der Waals surface area contributed by atoms with Gasteiger partial charge in [-0.15, -0.1) is 0 Å². The van der Waals surface area contributed by atoms with Gasteiger partial charge in [-0.1, -0.05) is 46.3 Å². The molecule has 164 valence electrons. The van der Waals surface area contributed by atoms with Crippen LogP contribution in [0.4, 0.5) is 0 Å². The zero-order chi connectivity index (χ0) is 23.1. The highest BCUT2D eigenvalue weighted by molar-refractivity contribution is 9.10. The van der Waals surface area contributed by atoms with Crippen LogP contribution in [-0.2, 0) is 0 Å². The van der Waals surface area contributed by atoms with Gasteiger partial charge in [-0.2, -0.15) is 9.78 Å². The lowest BCUT2D eigenvalue weighted by Gasteiger charge is -2.08. The summed E-state index contributed by atoms with van der Waals surface area (Å²) in [5, 5.41) is 5.99. The standard InChI is InChI=1S/C27H17BrN4O2/c28-19-11-13-20(14-12-19)31-15-5-7-21(31)17-29-32-26(25-16-18-6-1-4-10-24(18)34-25)30-23-9-3-2-8-22(23)27(32)33/h1-17H. The number of para-hydroxylation sites is 2. The molecule has 0 unspecified atom stereocenters. The molecule has 0 amide bonds. The van der Waals surface area contributed by atoms with E-state index in [1.54, 1.807) is 12.3 Å². The Bertz CT molecular complexity index is 1710. The van der Waals surface area contributed by atoms with Gasteiger partial charge in [-0.3, -0.25) is 4.79 Å². The van der Waals surface area contributed by atoms with Gasteiger partial charge in [0.25, 0.3) is 5.56 Å². The second kappa shape index (κ2) is 8.28. The first-order chi connectivity index (χ1) is 16.7. The van der Waals surface area contributed by atoms with Crippen molar-refractivity contribution in [2.75, 3.05) is 0 Å². The first-order valence-electron chi connectivity index (χ1n) is 10.7. The maximum atomic E-state index is 13.4. The first kappa shape index (κ1) is 20.4. The normalized spacial score (nSPS) is 11.7. The van der Waals surface area contributed by atoms with Crippen LogP contribution in [0.1, 0.15) is 5.69 Å². The summed E-state index contributed by atoms with van der Waals surface area (Å²) in [5.74, 6) is 0.822. The smallest absolute Gasteiger partial charge is 0.282 e. The molecule has 0 saturated heterocycles. The highest BCUT2D eigenvalue weighted by atomic mass is 79.9. The molecule has 0 bridgehead atoms. The molecule has 6 rings (SSSR count). The van der Waals surface area contributed by atoms with E-state index in [9.17, 15) is 4.79 Å². The van der Waals surface area contributed by atoms with Gasteiger partial charge in [0.1, 0.15) is 5.58 Å². The van der Waals surface area contributed by atoms with Crippen LogP contribution < -0.4 is 5.56 Å². The summed E-state index contributed by atoms with van der Waals surface area (Å²) in [7, 11) is 0. The predicted molar refractivity (Wildman–Crippen MR) is 138 cm³/mol.